The molecule has 0 atom stereocenters. The van der Waals surface area contributed by atoms with Crippen LogP contribution in [0.4, 0.5) is 11.4 Å². The van der Waals surface area contributed by atoms with Crippen molar-refractivity contribution in [3.63, 3.8) is 0 Å². The van der Waals surface area contributed by atoms with Crippen LogP contribution >= 0.6 is 0 Å². The lowest BCUT2D eigenvalue weighted by Crippen LogP contribution is -2.44. The number of allylic oxidation sites excluding steroid dienone is 1. The fourth-order valence-corrected chi connectivity index (χ4v) is 7.79. The Morgan fingerprint density at radius 3 is 2.00 bits per heavy atom. The fraction of sp³-hybridized carbons (Fsp3) is 0.533. The van der Waals surface area contributed by atoms with Crippen molar-refractivity contribution >= 4 is 16.9 Å². The maximum atomic E-state index is 13.2. The first-order valence-corrected chi connectivity index (χ1v) is 12.7. The molecule has 178 valence electrons. The molecule has 0 spiro atoms. The predicted octanol–water partition coefficient (Wildman–Crippen LogP) is 7.24. The zero-order valence-electron chi connectivity index (χ0n) is 21.8. The molecule has 2 aliphatic carbocycles. The van der Waals surface area contributed by atoms with E-state index in [9.17, 15) is 10.1 Å². The average Bonchev–Trinajstić information content (AvgIpc) is 3.15. The standard InChI is InChI=1S/C30H36N2O2/c1-27(2)15-13-17-21(31(27)33)11-9-19-23-20-10-12-22-18(14-16-28(3,4)32(22)34)25(20)30(7,8)26(23)29(5,6)24(17)19/h9-12H,13-16H2,1-8H3. The average molecular weight is 457 g/mol. The second-order valence-electron chi connectivity index (χ2n) is 13.2. The molecule has 0 unspecified atom stereocenters. The van der Waals surface area contributed by atoms with Crippen LogP contribution in [0.15, 0.2) is 29.8 Å². The van der Waals surface area contributed by atoms with Crippen LogP contribution in [-0.2, 0) is 23.7 Å². The van der Waals surface area contributed by atoms with Gasteiger partial charge >= 0.3 is 0 Å². The second-order valence-corrected chi connectivity index (χ2v) is 13.2. The van der Waals surface area contributed by atoms with Gasteiger partial charge in [-0.25, -0.2) is 0 Å². The number of fused-ring (bicyclic) bond motifs is 8. The maximum Gasteiger partial charge on any atom is 0.260 e. The van der Waals surface area contributed by atoms with Crippen molar-refractivity contribution < 1.29 is 4.76 Å². The molecule has 4 aliphatic rings. The molecule has 2 aromatic rings. The largest absolute Gasteiger partial charge is 0.758 e. The highest BCUT2D eigenvalue weighted by Gasteiger charge is 2.55. The van der Waals surface area contributed by atoms with Crippen LogP contribution in [0.2, 0.25) is 0 Å². The first-order chi connectivity index (χ1) is 15.7. The Labute approximate surface area is 203 Å². The zero-order chi connectivity index (χ0) is 24.6. The van der Waals surface area contributed by atoms with E-state index in [1.54, 1.807) is 0 Å². The predicted molar refractivity (Wildman–Crippen MR) is 139 cm³/mol. The number of hydrogen-bond donors (Lipinski definition) is 0. The number of nitroso groups, excluding NO2 is 1. The van der Waals surface area contributed by atoms with Gasteiger partial charge in [0.15, 0.2) is 0 Å². The topological polar surface area (TPSA) is 46.4 Å². The van der Waals surface area contributed by atoms with Crippen molar-refractivity contribution in [2.45, 2.75) is 103 Å². The van der Waals surface area contributed by atoms with Crippen molar-refractivity contribution in [3.8, 4) is 0 Å². The van der Waals surface area contributed by atoms with Crippen molar-refractivity contribution in [1.82, 2.24) is 0 Å². The Hall–Kier alpha value is -2.46. The highest BCUT2D eigenvalue weighted by atomic mass is 16.5. The maximum absolute atomic E-state index is 13.2. The Kier molecular flexibility index (Phi) is 4.02. The Bertz CT molecular complexity index is 1340. The third-order valence-corrected chi connectivity index (χ3v) is 9.38. The van der Waals surface area contributed by atoms with E-state index in [0.29, 0.717) is 0 Å². The molecular formula is C30H36N2O2. The summed E-state index contributed by atoms with van der Waals surface area (Å²) in [5.74, 6) is 0. The molecule has 4 nitrogen and oxygen atoms in total. The summed E-state index contributed by atoms with van der Waals surface area (Å²) >= 11 is 0. The SMILES string of the molecule is CC1(C)C2=C(c3ccc4c(c31)CCC(C)(C)N4[O-])c1ccc3c(c1C2(C)C)CCC(C)(C)[N+]3=O. The summed E-state index contributed by atoms with van der Waals surface area (Å²) in [7, 11) is 0. The Morgan fingerprint density at radius 1 is 0.794 bits per heavy atom. The first kappa shape index (κ1) is 22.0. The second kappa shape index (κ2) is 6.20. The summed E-state index contributed by atoms with van der Waals surface area (Å²) in [5, 5.41) is 14.5. The van der Waals surface area contributed by atoms with Crippen molar-refractivity contribution in [2.75, 3.05) is 5.06 Å². The minimum Gasteiger partial charge on any atom is -0.758 e. The lowest BCUT2D eigenvalue weighted by molar-refractivity contribution is -0.551. The summed E-state index contributed by atoms with van der Waals surface area (Å²) < 4.78 is 1.24. The third-order valence-electron chi connectivity index (χ3n) is 9.38. The molecule has 2 aromatic carbocycles. The Balaban J connectivity index is 1.60. The van der Waals surface area contributed by atoms with Gasteiger partial charge in [0.1, 0.15) is 0 Å². The third kappa shape index (κ3) is 2.43. The molecule has 0 radical (unpaired) electrons. The van der Waals surface area contributed by atoms with E-state index < -0.39 is 0 Å². The summed E-state index contributed by atoms with van der Waals surface area (Å²) in [6.45, 7) is 17.5. The van der Waals surface area contributed by atoms with Gasteiger partial charge in [-0.3, -0.25) is 0 Å². The fourth-order valence-electron chi connectivity index (χ4n) is 7.79. The van der Waals surface area contributed by atoms with Gasteiger partial charge in [-0.05, 0) is 84.2 Å². The number of hydroxylamine groups is 1. The van der Waals surface area contributed by atoms with Gasteiger partial charge in [0.25, 0.3) is 5.69 Å². The number of benzene rings is 2. The molecule has 34 heavy (non-hydrogen) atoms. The molecule has 0 saturated carbocycles. The van der Waals surface area contributed by atoms with Crippen molar-refractivity contribution in [3.05, 3.63) is 73.3 Å². The van der Waals surface area contributed by atoms with E-state index in [0.717, 1.165) is 37.1 Å². The van der Waals surface area contributed by atoms with Crippen LogP contribution in [0.1, 0.15) is 102 Å². The number of rotatable bonds is 0. The molecule has 0 bridgehead atoms. The van der Waals surface area contributed by atoms with Gasteiger partial charge < -0.3 is 10.3 Å². The summed E-state index contributed by atoms with van der Waals surface area (Å²) in [4.78, 5) is 13.2. The molecule has 0 N–H and O–H groups in total. The highest BCUT2D eigenvalue weighted by Crippen LogP contribution is 2.64. The molecule has 2 heterocycles. The van der Waals surface area contributed by atoms with Gasteiger partial charge in [0.05, 0.1) is 0 Å². The summed E-state index contributed by atoms with van der Waals surface area (Å²) in [6.07, 6.45) is 3.60. The molecule has 4 heteroatoms. The van der Waals surface area contributed by atoms with E-state index in [-0.39, 0.29) is 21.9 Å². The van der Waals surface area contributed by atoms with Crippen molar-refractivity contribution in [2.24, 2.45) is 0 Å². The van der Waals surface area contributed by atoms with Crippen molar-refractivity contribution in [1.29, 1.82) is 0 Å². The molecule has 2 aliphatic heterocycles. The van der Waals surface area contributed by atoms with E-state index in [2.05, 4.69) is 52.0 Å². The number of nitrogens with zero attached hydrogens (tertiary/aromatic N) is 2. The van der Waals surface area contributed by atoms with Gasteiger partial charge in [0.2, 0.25) is 5.54 Å². The van der Waals surface area contributed by atoms with Gasteiger partial charge in [-0.1, -0.05) is 33.8 Å². The smallest absolute Gasteiger partial charge is 0.260 e. The van der Waals surface area contributed by atoms with E-state index >= 15 is 0 Å². The molecule has 0 saturated heterocycles. The monoisotopic (exact) mass is 456 g/mol. The van der Waals surface area contributed by atoms with Crippen LogP contribution in [-0.4, -0.2) is 15.8 Å². The lowest BCUT2D eigenvalue weighted by Gasteiger charge is -2.51. The molecular weight excluding hydrogens is 420 g/mol. The van der Waals surface area contributed by atoms with Crippen LogP contribution in [0.5, 0.6) is 0 Å². The van der Waals surface area contributed by atoms with Gasteiger partial charge in [-0.2, -0.15) is 0 Å². The van der Waals surface area contributed by atoms with Gasteiger partial charge in [-0.15, -0.1) is 0 Å². The molecule has 0 fully saturated rings. The first-order valence-electron chi connectivity index (χ1n) is 12.7. The molecule has 6 rings (SSSR count). The zero-order valence-corrected chi connectivity index (χ0v) is 21.8. The normalized spacial score (nSPS) is 24.4. The Morgan fingerprint density at radius 2 is 1.35 bits per heavy atom. The highest BCUT2D eigenvalue weighted by molar-refractivity contribution is 5.98. The minimum atomic E-state index is -0.372. The lowest BCUT2D eigenvalue weighted by atomic mass is 9.65. The summed E-state index contributed by atoms with van der Waals surface area (Å²) in [6, 6.07) is 8.50. The van der Waals surface area contributed by atoms with Crippen LogP contribution in [0, 0.1) is 10.1 Å². The van der Waals surface area contributed by atoms with E-state index in [1.807, 2.05) is 27.7 Å². The van der Waals surface area contributed by atoms with Gasteiger partial charge in [0, 0.05) is 63.6 Å². The number of hydrogen-bond acceptors (Lipinski definition) is 3. The van der Waals surface area contributed by atoms with Crippen LogP contribution in [0.3, 0.4) is 0 Å². The van der Waals surface area contributed by atoms with E-state index in [1.165, 1.54) is 54.4 Å². The van der Waals surface area contributed by atoms with Crippen LogP contribution in [0.25, 0.3) is 5.57 Å². The molecule has 0 amide bonds. The number of anilines is 1. The summed E-state index contributed by atoms with van der Waals surface area (Å²) in [5.41, 5.74) is 11.1. The quantitative estimate of drug-likeness (QED) is 0.393. The molecule has 0 aromatic heterocycles. The van der Waals surface area contributed by atoms with E-state index in [4.69, 9.17) is 0 Å². The van der Waals surface area contributed by atoms with Crippen LogP contribution < -0.4 is 5.06 Å². The minimum absolute atomic E-state index is 0.182.